The molecule has 0 aromatic carbocycles. The highest BCUT2D eigenvalue weighted by atomic mass is 16.3. The number of unbranched alkanes of at least 4 members (excludes halogenated alkanes) is 3. The van der Waals surface area contributed by atoms with Gasteiger partial charge in [0.1, 0.15) is 0 Å². The average molecular weight is 191 g/mol. The van der Waals surface area contributed by atoms with Crippen LogP contribution in [0.25, 0.3) is 0 Å². The molecule has 0 heterocycles. The van der Waals surface area contributed by atoms with Gasteiger partial charge in [0.25, 0.3) is 0 Å². The van der Waals surface area contributed by atoms with Crippen LogP contribution in [0.4, 0.5) is 0 Å². The van der Waals surface area contributed by atoms with Crippen LogP contribution >= 0.6 is 0 Å². The molecule has 4 N–H and O–H groups in total. The Morgan fingerprint density at radius 1 is 0.846 bits per heavy atom. The molecule has 4 nitrogen and oxygen atoms in total. The lowest BCUT2D eigenvalue weighted by Crippen LogP contribution is -2.36. The van der Waals surface area contributed by atoms with Gasteiger partial charge in [0, 0.05) is 6.61 Å². The van der Waals surface area contributed by atoms with E-state index < -0.39 is 0 Å². The van der Waals surface area contributed by atoms with Gasteiger partial charge in [0.2, 0.25) is 0 Å². The molecular formula is C9H21NO3. The number of aliphatic hydroxyl groups is 3. The Balaban J connectivity index is 3.05. The Bertz CT molecular complexity index is 96.9. The Labute approximate surface area is 79.6 Å². The van der Waals surface area contributed by atoms with Crippen LogP contribution in [0.2, 0.25) is 0 Å². The first-order chi connectivity index (χ1) is 6.35. The van der Waals surface area contributed by atoms with E-state index in [0.717, 1.165) is 32.2 Å². The first kappa shape index (κ1) is 12.8. The maximum Gasteiger partial charge on any atom is 0.0607 e. The molecule has 0 aliphatic carbocycles. The molecule has 0 atom stereocenters. The minimum atomic E-state index is -0.183. The lowest BCUT2D eigenvalue weighted by Gasteiger charge is -2.12. The van der Waals surface area contributed by atoms with Crippen LogP contribution in [0.15, 0.2) is 0 Å². The van der Waals surface area contributed by atoms with E-state index in [4.69, 9.17) is 15.3 Å². The first-order valence-electron chi connectivity index (χ1n) is 4.91. The minimum absolute atomic E-state index is 0.0207. The van der Waals surface area contributed by atoms with E-state index in [0.29, 0.717) is 0 Å². The summed E-state index contributed by atoms with van der Waals surface area (Å²) in [6, 6.07) is -0.183. The predicted molar refractivity (Wildman–Crippen MR) is 51.5 cm³/mol. The summed E-state index contributed by atoms with van der Waals surface area (Å²) in [5, 5.41) is 29.0. The zero-order valence-electron chi connectivity index (χ0n) is 8.08. The second-order valence-electron chi connectivity index (χ2n) is 3.15. The van der Waals surface area contributed by atoms with Gasteiger partial charge in [-0.3, -0.25) is 0 Å². The summed E-state index contributed by atoms with van der Waals surface area (Å²) >= 11 is 0. The van der Waals surface area contributed by atoms with E-state index in [-0.39, 0.29) is 25.9 Å². The quantitative estimate of drug-likeness (QED) is 0.370. The fourth-order valence-electron chi connectivity index (χ4n) is 1.08. The summed E-state index contributed by atoms with van der Waals surface area (Å²) in [5.41, 5.74) is 0. The molecule has 0 aliphatic rings. The fraction of sp³-hybridized carbons (Fsp3) is 1.00. The van der Waals surface area contributed by atoms with Crippen LogP contribution in [0.3, 0.4) is 0 Å². The summed E-state index contributed by atoms with van der Waals surface area (Å²) in [7, 11) is 0. The summed E-state index contributed by atoms with van der Waals surface area (Å²) < 4.78 is 0. The van der Waals surface area contributed by atoms with Crippen molar-refractivity contribution in [2.75, 3.05) is 26.4 Å². The van der Waals surface area contributed by atoms with Crippen molar-refractivity contribution in [3.05, 3.63) is 0 Å². The standard InChI is InChI=1S/C9H21NO3/c11-6-4-2-1-3-5-10-9(7-12)8-13/h9-13H,1-8H2. The Hall–Kier alpha value is -0.160. The Morgan fingerprint density at radius 2 is 1.46 bits per heavy atom. The molecule has 0 aromatic heterocycles. The third-order valence-corrected chi connectivity index (χ3v) is 1.96. The highest BCUT2D eigenvalue weighted by molar-refractivity contribution is 4.62. The number of hydrogen-bond donors (Lipinski definition) is 4. The van der Waals surface area contributed by atoms with Gasteiger partial charge in [-0.15, -0.1) is 0 Å². The number of hydrogen-bond acceptors (Lipinski definition) is 4. The monoisotopic (exact) mass is 191 g/mol. The molecule has 0 radical (unpaired) electrons. The largest absolute Gasteiger partial charge is 0.396 e. The predicted octanol–water partition coefficient (Wildman–Crippen LogP) is -0.518. The normalized spacial score (nSPS) is 11.1. The summed E-state index contributed by atoms with van der Waals surface area (Å²) in [6.45, 7) is 1.04. The van der Waals surface area contributed by atoms with Crippen molar-refractivity contribution in [3.63, 3.8) is 0 Å². The number of aliphatic hydroxyl groups excluding tert-OH is 3. The SMILES string of the molecule is OCCCCCCNC(CO)CO. The van der Waals surface area contributed by atoms with Crippen LogP contribution in [0.5, 0.6) is 0 Å². The van der Waals surface area contributed by atoms with Gasteiger partial charge in [-0.05, 0) is 19.4 Å². The van der Waals surface area contributed by atoms with Gasteiger partial charge in [0.15, 0.2) is 0 Å². The molecule has 0 rings (SSSR count). The average Bonchev–Trinajstić information content (AvgIpc) is 2.17. The molecule has 0 fully saturated rings. The molecular weight excluding hydrogens is 170 g/mol. The van der Waals surface area contributed by atoms with Crippen LogP contribution in [0, 0.1) is 0 Å². The number of rotatable bonds is 9. The molecule has 0 unspecified atom stereocenters. The van der Waals surface area contributed by atoms with E-state index in [2.05, 4.69) is 5.32 Å². The van der Waals surface area contributed by atoms with Crippen molar-refractivity contribution in [1.82, 2.24) is 5.32 Å². The molecule has 0 aromatic rings. The van der Waals surface area contributed by atoms with Crippen LogP contribution in [0.1, 0.15) is 25.7 Å². The van der Waals surface area contributed by atoms with Crippen LogP contribution < -0.4 is 5.32 Å². The van der Waals surface area contributed by atoms with Crippen LogP contribution in [-0.2, 0) is 0 Å². The maximum absolute atomic E-state index is 8.71. The van der Waals surface area contributed by atoms with E-state index >= 15 is 0 Å². The molecule has 0 saturated carbocycles. The topological polar surface area (TPSA) is 72.7 Å². The lowest BCUT2D eigenvalue weighted by molar-refractivity contribution is 0.171. The molecule has 0 aliphatic heterocycles. The number of nitrogens with one attached hydrogen (secondary N) is 1. The van der Waals surface area contributed by atoms with Crippen molar-refractivity contribution in [3.8, 4) is 0 Å². The highest BCUT2D eigenvalue weighted by Gasteiger charge is 2.02. The first-order valence-corrected chi connectivity index (χ1v) is 4.91. The van der Waals surface area contributed by atoms with Gasteiger partial charge in [0.05, 0.1) is 19.3 Å². The van der Waals surface area contributed by atoms with Crippen molar-refractivity contribution in [1.29, 1.82) is 0 Å². The summed E-state index contributed by atoms with van der Waals surface area (Å²) in [4.78, 5) is 0. The van der Waals surface area contributed by atoms with Gasteiger partial charge >= 0.3 is 0 Å². The Kier molecular flexibility index (Phi) is 9.80. The third kappa shape index (κ3) is 8.18. The molecule has 0 saturated heterocycles. The molecule has 0 amide bonds. The molecule has 4 heteroatoms. The molecule has 80 valence electrons. The smallest absolute Gasteiger partial charge is 0.0607 e. The van der Waals surface area contributed by atoms with Gasteiger partial charge in [-0.25, -0.2) is 0 Å². The van der Waals surface area contributed by atoms with Gasteiger partial charge in [-0.1, -0.05) is 12.8 Å². The Morgan fingerprint density at radius 3 is 2.00 bits per heavy atom. The zero-order valence-corrected chi connectivity index (χ0v) is 8.08. The fourth-order valence-corrected chi connectivity index (χ4v) is 1.08. The van der Waals surface area contributed by atoms with E-state index in [1.54, 1.807) is 0 Å². The molecule has 0 spiro atoms. The summed E-state index contributed by atoms with van der Waals surface area (Å²) in [5.74, 6) is 0. The highest BCUT2D eigenvalue weighted by Crippen LogP contribution is 1.97. The molecule has 13 heavy (non-hydrogen) atoms. The zero-order chi connectivity index (χ0) is 9.94. The van der Waals surface area contributed by atoms with Gasteiger partial charge in [-0.2, -0.15) is 0 Å². The minimum Gasteiger partial charge on any atom is -0.396 e. The van der Waals surface area contributed by atoms with E-state index in [1.165, 1.54) is 0 Å². The van der Waals surface area contributed by atoms with Crippen molar-refractivity contribution >= 4 is 0 Å². The van der Waals surface area contributed by atoms with E-state index in [1.807, 2.05) is 0 Å². The van der Waals surface area contributed by atoms with Crippen molar-refractivity contribution in [2.24, 2.45) is 0 Å². The van der Waals surface area contributed by atoms with Crippen LogP contribution in [-0.4, -0.2) is 47.7 Å². The maximum atomic E-state index is 8.71. The molecule has 0 bridgehead atoms. The van der Waals surface area contributed by atoms with Crippen molar-refractivity contribution in [2.45, 2.75) is 31.7 Å². The van der Waals surface area contributed by atoms with Gasteiger partial charge < -0.3 is 20.6 Å². The van der Waals surface area contributed by atoms with E-state index in [9.17, 15) is 0 Å². The third-order valence-electron chi connectivity index (χ3n) is 1.96. The van der Waals surface area contributed by atoms with Crippen molar-refractivity contribution < 1.29 is 15.3 Å². The second-order valence-corrected chi connectivity index (χ2v) is 3.15. The second kappa shape index (κ2) is 9.92. The lowest BCUT2D eigenvalue weighted by atomic mass is 10.2. The summed E-state index contributed by atoms with van der Waals surface area (Å²) in [6.07, 6.45) is 4.01.